The van der Waals surface area contributed by atoms with Gasteiger partial charge in [0.2, 0.25) is 11.9 Å². The van der Waals surface area contributed by atoms with Crippen LogP contribution in [0.15, 0.2) is 0 Å². The Bertz CT molecular complexity index is 401. The molecule has 0 spiro atoms. The van der Waals surface area contributed by atoms with Crippen molar-refractivity contribution in [2.75, 3.05) is 37.0 Å². The number of aromatic nitrogens is 3. The largest absolute Gasteiger partial charge is 0.467 e. The van der Waals surface area contributed by atoms with E-state index in [-0.39, 0.29) is 12.6 Å². The fourth-order valence-corrected chi connectivity index (χ4v) is 2.09. The highest BCUT2D eigenvalue weighted by molar-refractivity contribution is 5.40. The fraction of sp³-hybridized carbons (Fsp3) is 0.727. The first-order valence-corrected chi connectivity index (χ1v) is 6.20. The van der Waals surface area contributed by atoms with Crippen LogP contribution in [0.4, 0.5) is 11.9 Å². The normalized spacial score (nSPS) is 19.1. The molecule has 1 aromatic rings. The number of hydrogen-bond donors (Lipinski definition) is 2. The molecule has 1 aliphatic heterocycles. The number of ether oxygens (including phenoxy) is 1. The van der Waals surface area contributed by atoms with Crippen LogP contribution in [0.1, 0.15) is 19.8 Å². The maximum absolute atomic E-state index is 9.34. The number of anilines is 2. The molecule has 1 aromatic heterocycles. The van der Waals surface area contributed by atoms with E-state index in [9.17, 15) is 5.11 Å². The van der Waals surface area contributed by atoms with Crippen molar-refractivity contribution in [3.8, 4) is 6.01 Å². The lowest BCUT2D eigenvalue weighted by Crippen LogP contribution is -2.33. The summed E-state index contributed by atoms with van der Waals surface area (Å²) in [5.74, 6) is 1.07. The van der Waals surface area contributed by atoms with E-state index in [0.29, 0.717) is 17.9 Å². The molecular weight excluding hydrogens is 234 g/mol. The van der Waals surface area contributed by atoms with Crippen molar-refractivity contribution < 1.29 is 9.84 Å². The molecule has 7 nitrogen and oxygen atoms in total. The number of aliphatic hydroxyl groups is 1. The molecule has 0 amide bonds. The maximum Gasteiger partial charge on any atom is 0.322 e. The molecule has 18 heavy (non-hydrogen) atoms. The molecule has 2 rings (SSSR count). The second kappa shape index (κ2) is 5.81. The van der Waals surface area contributed by atoms with Gasteiger partial charge in [0.05, 0.1) is 19.8 Å². The van der Waals surface area contributed by atoms with E-state index >= 15 is 0 Å². The smallest absolute Gasteiger partial charge is 0.322 e. The highest BCUT2D eigenvalue weighted by Gasteiger charge is 2.27. The summed E-state index contributed by atoms with van der Waals surface area (Å²) in [5, 5.41) is 12.4. The number of nitrogens with one attached hydrogen (secondary N) is 1. The van der Waals surface area contributed by atoms with Gasteiger partial charge in [0.25, 0.3) is 0 Å². The third-order valence-corrected chi connectivity index (χ3v) is 2.97. The molecule has 7 heteroatoms. The average molecular weight is 253 g/mol. The van der Waals surface area contributed by atoms with Crippen LogP contribution in [0, 0.1) is 0 Å². The van der Waals surface area contributed by atoms with Gasteiger partial charge in [-0.2, -0.15) is 15.0 Å². The van der Waals surface area contributed by atoms with Gasteiger partial charge in [-0.15, -0.1) is 0 Å². The van der Waals surface area contributed by atoms with Crippen molar-refractivity contribution >= 4 is 11.9 Å². The summed E-state index contributed by atoms with van der Waals surface area (Å²) in [5.41, 5.74) is 0. The van der Waals surface area contributed by atoms with Gasteiger partial charge in [-0.25, -0.2) is 0 Å². The van der Waals surface area contributed by atoms with Crippen LogP contribution in [0.3, 0.4) is 0 Å². The minimum atomic E-state index is 0.0894. The molecule has 0 aliphatic carbocycles. The fourth-order valence-electron chi connectivity index (χ4n) is 2.09. The topological polar surface area (TPSA) is 83.4 Å². The quantitative estimate of drug-likeness (QED) is 0.779. The minimum Gasteiger partial charge on any atom is -0.467 e. The van der Waals surface area contributed by atoms with Crippen molar-refractivity contribution in [3.05, 3.63) is 0 Å². The van der Waals surface area contributed by atoms with Crippen LogP contribution in [-0.2, 0) is 0 Å². The highest BCUT2D eigenvalue weighted by Crippen LogP contribution is 2.24. The first-order chi connectivity index (χ1) is 8.78. The van der Waals surface area contributed by atoms with E-state index in [1.54, 1.807) is 0 Å². The number of hydrogen-bond acceptors (Lipinski definition) is 7. The Kier molecular flexibility index (Phi) is 4.14. The predicted octanol–water partition coefficient (Wildman–Crippen LogP) is 0.273. The van der Waals surface area contributed by atoms with E-state index in [1.807, 2.05) is 11.8 Å². The monoisotopic (exact) mass is 253 g/mol. The molecule has 0 radical (unpaired) electrons. The minimum absolute atomic E-state index is 0.0894. The van der Waals surface area contributed by atoms with Crippen LogP contribution in [0.2, 0.25) is 0 Å². The van der Waals surface area contributed by atoms with E-state index in [1.165, 1.54) is 7.11 Å². The summed E-state index contributed by atoms with van der Waals surface area (Å²) in [6.07, 6.45) is 2.00. The Morgan fingerprint density at radius 3 is 2.94 bits per heavy atom. The second-order valence-corrected chi connectivity index (χ2v) is 4.15. The summed E-state index contributed by atoms with van der Waals surface area (Å²) in [6.45, 7) is 3.67. The van der Waals surface area contributed by atoms with E-state index < -0.39 is 0 Å². The zero-order valence-electron chi connectivity index (χ0n) is 10.8. The molecule has 1 atom stereocenters. The Balaban J connectivity index is 2.27. The van der Waals surface area contributed by atoms with Crippen molar-refractivity contribution in [1.82, 2.24) is 15.0 Å². The lowest BCUT2D eigenvalue weighted by molar-refractivity contribution is 0.265. The summed E-state index contributed by atoms with van der Waals surface area (Å²) < 4.78 is 5.08. The lowest BCUT2D eigenvalue weighted by Gasteiger charge is -2.23. The van der Waals surface area contributed by atoms with E-state index in [4.69, 9.17) is 4.74 Å². The van der Waals surface area contributed by atoms with Gasteiger partial charge >= 0.3 is 6.01 Å². The molecule has 1 fully saturated rings. The molecule has 2 heterocycles. The van der Waals surface area contributed by atoms with Gasteiger partial charge in [-0.3, -0.25) is 0 Å². The standard InChI is InChI=1S/C11H19N5O2/c1-3-12-9-13-10(15-11(14-9)18-2)16-6-4-5-8(16)7-17/h8,17H,3-7H2,1-2H3,(H,12,13,14,15). The van der Waals surface area contributed by atoms with Crippen LogP contribution < -0.4 is 15.0 Å². The Morgan fingerprint density at radius 2 is 2.28 bits per heavy atom. The number of aliphatic hydroxyl groups excluding tert-OH is 1. The number of nitrogens with zero attached hydrogens (tertiary/aromatic N) is 4. The molecular formula is C11H19N5O2. The van der Waals surface area contributed by atoms with Crippen molar-refractivity contribution in [2.24, 2.45) is 0 Å². The number of rotatable bonds is 5. The molecule has 100 valence electrons. The van der Waals surface area contributed by atoms with Crippen LogP contribution in [-0.4, -0.2) is 52.9 Å². The molecule has 0 saturated carbocycles. The van der Waals surface area contributed by atoms with Gasteiger partial charge in [0.1, 0.15) is 0 Å². The zero-order chi connectivity index (χ0) is 13.0. The van der Waals surface area contributed by atoms with Crippen molar-refractivity contribution in [3.63, 3.8) is 0 Å². The third kappa shape index (κ3) is 2.61. The average Bonchev–Trinajstić information content (AvgIpc) is 2.87. The maximum atomic E-state index is 9.34. The lowest BCUT2D eigenvalue weighted by atomic mass is 10.2. The zero-order valence-corrected chi connectivity index (χ0v) is 10.8. The third-order valence-electron chi connectivity index (χ3n) is 2.97. The van der Waals surface area contributed by atoms with E-state index in [2.05, 4.69) is 20.3 Å². The van der Waals surface area contributed by atoms with Gasteiger partial charge in [0.15, 0.2) is 0 Å². The van der Waals surface area contributed by atoms with Crippen LogP contribution >= 0.6 is 0 Å². The highest BCUT2D eigenvalue weighted by atomic mass is 16.5. The molecule has 1 unspecified atom stereocenters. The van der Waals surface area contributed by atoms with Gasteiger partial charge < -0.3 is 20.1 Å². The molecule has 1 aliphatic rings. The van der Waals surface area contributed by atoms with E-state index in [0.717, 1.165) is 25.9 Å². The van der Waals surface area contributed by atoms with Crippen LogP contribution in [0.5, 0.6) is 6.01 Å². The molecule has 2 N–H and O–H groups in total. The van der Waals surface area contributed by atoms with Gasteiger partial charge in [-0.1, -0.05) is 0 Å². The van der Waals surface area contributed by atoms with Crippen molar-refractivity contribution in [1.29, 1.82) is 0 Å². The number of methoxy groups -OCH3 is 1. The van der Waals surface area contributed by atoms with Crippen molar-refractivity contribution in [2.45, 2.75) is 25.8 Å². The Morgan fingerprint density at radius 1 is 1.44 bits per heavy atom. The molecule has 1 saturated heterocycles. The first-order valence-electron chi connectivity index (χ1n) is 6.20. The summed E-state index contributed by atoms with van der Waals surface area (Å²) in [6, 6.07) is 0.381. The SMILES string of the molecule is CCNc1nc(OC)nc(N2CCCC2CO)n1. The Labute approximate surface area is 106 Å². The predicted molar refractivity (Wildman–Crippen MR) is 68.0 cm³/mol. The first kappa shape index (κ1) is 12.8. The molecule has 0 aromatic carbocycles. The second-order valence-electron chi connectivity index (χ2n) is 4.15. The summed E-state index contributed by atoms with van der Waals surface area (Å²) in [4.78, 5) is 14.7. The summed E-state index contributed by atoms with van der Waals surface area (Å²) in [7, 11) is 1.53. The molecule has 0 bridgehead atoms. The van der Waals surface area contributed by atoms with Gasteiger partial charge in [0, 0.05) is 13.1 Å². The van der Waals surface area contributed by atoms with Gasteiger partial charge in [-0.05, 0) is 19.8 Å². The van der Waals surface area contributed by atoms with Crippen LogP contribution in [0.25, 0.3) is 0 Å². The summed E-state index contributed by atoms with van der Waals surface area (Å²) >= 11 is 0. The Hall–Kier alpha value is -1.63.